The maximum Gasteiger partial charge on any atom is 0.122 e. The molecule has 0 bridgehead atoms. The summed E-state index contributed by atoms with van der Waals surface area (Å²) in [6.45, 7) is 6.96. The summed E-state index contributed by atoms with van der Waals surface area (Å²) in [5.41, 5.74) is 2.85. The molecule has 1 N–H and O–H groups in total. The predicted molar refractivity (Wildman–Crippen MR) is 82.6 cm³/mol. The predicted octanol–water partition coefficient (Wildman–Crippen LogP) is 2.08. The summed E-state index contributed by atoms with van der Waals surface area (Å²) < 4.78 is 5.58. The Morgan fingerprint density at radius 1 is 1.25 bits per heavy atom. The first kappa shape index (κ1) is 14.2. The van der Waals surface area contributed by atoms with Crippen molar-refractivity contribution in [2.45, 2.75) is 19.4 Å². The van der Waals surface area contributed by atoms with Gasteiger partial charge in [0, 0.05) is 19.5 Å². The summed E-state index contributed by atoms with van der Waals surface area (Å²) >= 11 is 0. The van der Waals surface area contributed by atoms with Gasteiger partial charge in [0.05, 0.1) is 6.61 Å². The van der Waals surface area contributed by atoms with Gasteiger partial charge in [0.1, 0.15) is 5.75 Å². The number of nitrogens with zero attached hydrogens (tertiary/aromatic N) is 1. The SMILES string of the molecule is Cl.c1cc2c(cc1CN1CCC3CNCC3C1)CCO2. The fourth-order valence-electron chi connectivity index (χ4n) is 3.85. The Bertz CT molecular complexity index is 480. The molecular weight excluding hydrogens is 272 g/mol. The first-order valence-electron chi connectivity index (χ1n) is 7.56. The smallest absolute Gasteiger partial charge is 0.122 e. The molecule has 0 radical (unpaired) electrons. The van der Waals surface area contributed by atoms with E-state index in [9.17, 15) is 0 Å². The van der Waals surface area contributed by atoms with Crippen LogP contribution in [0, 0.1) is 11.8 Å². The van der Waals surface area contributed by atoms with Crippen molar-refractivity contribution in [2.75, 3.05) is 32.8 Å². The van der Waals surface area contributed by atoms with Crippen LogP contribution in [0.2, 0.25) is 0 Å². The molecule has 20 heavy (non-hydrogen) atoms. The van der Waals surface area contributed by atoms with Crippen molar-refractivity contribution in [3.8, 4) is 5.75 Å². The van der Waals surface area contributed by atoms with Crippen molar-refractivity contribution < 1.29 is 4.74 Å². The number of hydrogen-bond donors (Lipinski definition) is 1. The number of fused-ring (bicyclic) bond motifs is 2. The van der Waals surface area contributed by atoms with Gasteiger partial charge in [-0.3, -0.25) is 4.90 Å². The van der Waals surface area contributed by atoms with E-state index >= 15 is 0 Å². The fraction of sp³-hybridized carbons (Fsp3) is 0.625. The topological polar surface area (TPSA) is 24.5 Å². The van der Waals surface area contributed by atoms with Crippen LogP contribution in [0.4, 0.5) is 0 Å². The summed E-state index contributed by atoms with van der Waals surface area (Å²) in [6.07, 6.45) is 2.45. The van der Waals surface area contributed by atoms with Crippen LogP contribution in [0.5, 0.6) is 5.75 Å². The lowest BCUT2D eigenvalue weighted by Crippen LogP contribution is -2.39. The third kappa shape index (κ3) is 2.67. The van der Waals surface area contributed by atoms with E-state index in [0.717, 1.165) is 37.2 Å². The molecule has 2 atom stereocenters. The van der Waals surface area contributed by atoms with E-state index in [1.807, 2.05) is 0 Å². The minimum absolute atomic E-state index is 0. The first-order chi connectivity index (χ1) is 9.38. The second-order valence-electron chi connectivity index (χ2n) is 6.24. The largest absolute Gasteiger partial charge is 0.493 e. The van der Waals surface area contributed by atoms with Crippen molar-refractivity contribution in [1.29, 1.82) is 0 Å². The normalized spacial score (nSPS) is 28.4. The lowest BCUT2D eigenvalue weighted by Gasteiger charge is -2.34. The van der Waals surface area contributed by atoms with Gasteiger partial charge in [-0.2, -0.15) is 0 Å². The van der Waals surface area contributed by atoms with Crippen LogP contribution in [0.1, 0.15) is 17.5 Å². The quantitative estimate of drug-likeness (QED) is 0.904. The van der Waals surface area contributed by atoms with Crippen LogP contribution in [0.3, 0.4) is 0 Å². The molecule has 0 spiro atoms. The third-order valence-corrected chi connectivity index (χ3v) is 4.95. The standard InChI is InChI=1S/C16H22N2O.ClH/c1-2-16-13(4-6-19-16)7-12(1)10-18-5-3-14-8-17-9-15(14)11-18;/h1-2,7,14-15,17H,3-6,8-11H2;1H. The van der Waals surface area contributed by atoms with Crippen LogP contribution >= 0.6 is 12.4 Å². The van der Waals surface area contributed by atoms with Gasteiger partial charge in [0.15, 0.2) is 0 Å². The molecule has 0 aliphatic carbocycles. The molecule has 2 unspecified atom stereocenters. The maximum atomic E-state index is 5.58. The Kier molecular flexibility index (Phi) is 4.20. The number of nitrogens with one attached hydrogen (secondary N) is 1. The van der Waals surface area contributed by atoms with Crippen molar-refractivity contribution in [2.24, 2.45) is 11.8 Å². The molecule has 4 rings (SSSR count). The minimum Gasteiger partial charge on any atom is -0.493 e. The Labute approximate surface area is 127 Å². The molecule has 3 aliphatic heterocycles. The molecule has 3 nitrogen and oxygen atoms in total. The van der Waals surface area contributed by atoms with Crippen molar-refractivity contribution >= 4 is 12.4 Å². The molecule has 3 heterocycles. The Balaban J connectivity index is 0.00000121. The Morgan fingerprint density at radius 2 is 2.15 bits per heavy atom. The molecule has 0 amide bonds. The minimum atomic E-state index is 0. The summed E-state index contributed by atoms with van der Waals surface area (Å²) in [4.78, 5) is 2.63. The summed E-state index contributed by atoms with van der Waals surface area (Å²) in [5, 5.41) is 3.54. The van der Waals surface area contributed by atoms with Crippen molar-refractivity contribution in [1.82, 2.24) is 10.2 Å². The molecule has 0 aromatic heterocycles. The van der Waals surface area contributed by atoms with Crippen LogP contribution in [0.25, 0.3) is 0 Å². The maximum absolute atomic E-state index is 5.58. The third-order valence-electron chi connectivity index (χ3n) is 4.95. The molecular formula is C16H23ClN2O. The van der Waals surface area contributed by atoms with E-state index in [4.69, 9.17) is 4.74 Å². The number of benzene rings is 1. The summed E-state index contributed by atoms with van der Waals surface area (Å²) in [6, 6.07) is 6.74. The lowest BCUT2D eigenvalue weighted by atomic mass is 9.88. The van der Waals surface area contributed by atoms with E-state index in [1.54, 1.807) is 0 Å². The molecule has 3 aliphatic rings. The van der Waals surface area contributed by atoms with Gasteiger partial charge in [-0.05, 0) is 55.1 Å². The molecule has 0 saturated carbocycles. The number of piperidine rings is 1. The van der Waals surface area contributed by atoms with E-state index in [-0.39, 0.29) is 12.4 Å². The highest BCUT2D eigenvalue weighted by Crippen LogP contribution is 2.29. The summed E-state index contributed by atoms with van der Waals surface area (Å²) in [5.74, 6) is 2.92. The van der Waals surface area contributed by atoms with E-state index < -0.39 is 0 Å². The Hall–Kier alpha value is -0.770. The highest BCUT2D eigenvalue weighted by molar-refractivity contribution is 5.85. The van der Waals surface area contributed by atoms with Gasteiger partial charge in [-0.15, -0.1) is 12.4 Å². The molecule has 110 valence electrons. The zero-order valence-corrected chi connectivity index (χ0v) is 12.6. The van der Waals surface area contributed by atoms with Crippen LogP contribution in [0.15, 0.2) is 18.2 Å². The molecule has 1 aromatic carbocycles. The van der Waals surface area contributed by atoms with E-state index in [2.05, 4.69) is 28.4 Å². The number of likely N-dealkylation sites (tertiary alicyclic amines) is 1. The molecule has 1 aromatic rings. The number of rotatable bonds is 2. The number of halogens is 1. The van der Waals surface area contributed by atoms with Gasteiger partial charge in [0.25, 0.3) is 0 Å². The zero-order chi connectivity index (χ0) is 12.7. The van der Waals surface area contributed by atoms with Gasteiger partial charge in [0.2, 0.25) is 0 Å². The van der Waals surface area contributed by atoms with Crippen molar-refractivity contribution in [3.63, 3.8) is 0 Å². The first-order valence-corrected chi connectivity index (χ1v) is 7.56. The average molecular weight is 295 g/mol. The highest BCUT2D eigenvalue weighted by Gasteiger charge is 2.32. The van der Waals surface area contributed by atoms with Gasteiger partial charge in [-0.25, -0.2) is 0 Å². The number of ether oxygens (including phenoxy) is 1. The summed E-state index contributed by atoms with van der Waals surface area (Å²) in [7, 11) is 0. The molecule has 2 fully saturated rings. The van der Waals surface area contributed by atoms with Gasteiger partial charge in [-0.1, -0.05) is 12.1 Å². The van der Waals surface area contributed by atoms with E-state index in [1.165, 1.54) is 43.7 Å². The average Bonchev–Trinajstić information content (AvgIpc) is 3.05. The Morgan fingerprint density at radius 3 is 3.10 bits per heavy atom. The molecule has 2 saturated heterocycles. The monoisotopic (exact) mass is 294 g/mol. The van der Waals surface area contributed by atoms with Crippen LogP contribution in [-0.2, 0) is 13.0 Å². The van der Waals surface area contributed by atoms with Gasteiger partial charge < -0.3 is 10.1 Å². The van der Waals surface area contributed by atoms with Crippen LogP contribution in [-0.4, -0.2) is 37.7 Å². The second-order valence-corrected chi connectivity index (χ2v) is 6.24. The lowest BCUT2D eigenvalue weighted by molar-refractivity contribution is 0.142. The zero-order valence-electron chi connectivity index (χ0n) is 11.8. The molecule has 4 heteroatoms. The van der Waals surface area contributed by atoms with E-state index in [0.29, 0.717) is 0 Å². The number of hydrogen-bond acceptors (Lipinski definition) is 3. The van der Waals surface area contributed by atoms with Crippen LogP contribution < -0.4 is 10.1 Å². The highest BCUT2D eigenvalue weighted by atomic mass is 35.5. The fourth-order valence-corrected chi connectivity index (χ4v) is 3.85. The van der Waals surface area contributed by atoms with Crippen molar-refractivity contribution in [3.05, 3.63) is 29.3 Å². The second kappa shape index (κ2) is 5.92. The van der Waals surface area contributed by atoms with Gasteiger partial charge >= 0.3 is 0 Å².